The van der Waals surface area contributed by atoms with Gasteiger partial charge in [0.2, 0.25) is 0 Å². The minimum atomic E-state index is -0.519. The quantitative estimate of drug-likeness (QED) is 0.295. The molecule has 0 aliphatic rings. The molecule has 7 nitrogen and oxygen atoms in total. The highest BCUT2D eigenvalue weighted by Gasteiger charge is 2.24. The van der Waals surface area contributed by atoms with Crippen molar-refractivity contribution in [3.8, 4) is 0 Å². The van der Waals surface area contributed by atoms with Crippen molar-refractivity contribution < 1.29 is 9.53 Å². The number of aliphatic imine (C=N–C) groups is 1. The number of alkyl carbamates (subject to hydrolysis) is 1. The van der Waals surface area contributed by atoms with Crippen LogP contribution in [0.2, 0.25) is 0 Å². The van der Waals surface area contributed by atoms with Crippen molar-refractivity contribution in [2.75, 3.05) is 13.1 Å². The predicted octanol–water partition coefficient (Wildman–Crippen LogP) is 3.68. The van der Waals surface area contributed by atoms with E-state index in [0.717, 1.165) is 18.0 Å². The molecule has 0 bridgehead atoms. The second kappa shape index (κ2) is 11.7. The van der Waals surface area contributed by atoms with Crippen molar-refractivity contribution in [2.24, 2.45) is 4.99 Å². The third-order valence-corrected chi connectivity index (χ3v) is 4.33. The molecule has 0 saturated heterocycles. The highest BCUT2D eigenvalue weighted by molar-refractivity contribution is 14.0. The number of rotatable bonds is 7. The van der Waals surface area contributed by atoms with Crippen molar-refractivity contribution >= 4 is 47.4 Å². The molecule has 0 aromatic carbocycles. The number of guanidine groups is 1. The summed E-state index contributed by atoms with van der Waals surface area (Å²) < 4.78 is 5.32. The molecule has 0 aliphatic heterocycles. The molecule has 0 unspecified atom stereocenters. The normalized spacial score (nSPS) is 12.2. The number of nitrogens with zero attached hydrogens (tertiary/aromatic N) is 2. The van der Waals surface area contributed by atoms with Crippen LogP contribution in [0.1, 0.15) is 58.4 Å². The fourth-order valence-electron chi connectivity index (χ4n) is 2.00. The van der Waals surface area contributed by atoms with Crippen molar-refractivity contribution in [3.63, 3.8) is 0 Å². The van der Waals surface area contributed by atoms with Crippen LogP contribution in [0, 0.1) is 0 Å². The molecule has 9 heteroatoms. The van der Waals surface area contributed by atoms with Gasteiger partial charge in [-0.15, -0.1) is 35.3 Å². The van der Waals surface area contributed by atoms with Gasteiger partial charge in [-0.3, -0.25) is 0 Å². The number of hydrogen-bond donors (Lipinski definition) is 3. The van der Waals surface area contributed by atoms with Gasteiger partial charge in [-0.1, -0.05) is 6.92 Å². The molecule has 1 heterocycles. The lowest BCUT2D eigenvalue weighted by Crippen LogP contribution is -2.54. The van der Waals surface area contributed by atoms with Crippen LogP contribution in [0.4, 0.5) is 4.79 Å². The first-order valence-electron chi connectivity index (χ1n) is 9.01. The number of halogens is 1. The standard InChI is InChI=1S/C18H33N5O2S.HI/c1-8-13-10-20-14(26-13)11-21-15(19-9-2)22-12-18(6,7)23-16(24)25-17(3,4)5;/h10H,8-9,11-12H2,1-7H3,(H,23,24)(H2,19,21,22);1H. The van der Waals surface area contributed by atoms with Crippen LogP contribution in [0.15, 0.2) is 11.2 Å². The first kappa shape index (κ1) is 25.9. The van der Waals surface area contributed by atoms with Crippen LogP contribution in [-0.4, -0.2) is 41.3 Å². The van der Waals surface area contributed by atoms with Crippen molar-refractivity contribution in [1.82, 2.24) is 20.9 Å². The first-order chi connectivity index (χ1) is 12.0. The topological polar surface area (TPSA) is 87.6 Å². The maximum absolute atomic E-state index is 12.0. The van der Waals surface area contributed by atoms with E-state index in [1.807, 2.05) is 47.7 Å². The molecule has 0 fully saturated rings. The summed E-state index contributed by atoms with van der Waals surface area (Å²) in [6.07, 6.45) is 2.47. The van der Waals surface area contributed by atoms with Gasteiger partial charge in [0.05, 0.1) is 12.1 Å². The molecule has 156 valence electrons. The zero-order valence-electron chi connectivity index (χ0n) is 17.4. The number of amides is 1. The number of carbonyl (C=O) groups excluding carboxylic acids is 1. The molecule has 0 spiro atoms. The fraction of sp³-hybridized carbons (Fsp3) is 0.722. The Bertz CT molecular complexity index is 611. The summed E-state index contributed by atoms with van der Waals surface area (Å²) in [5.41, 5.74) is -1.01. The van der Waals surface area contributed by atoms with Crippen molar-refractivity contribution in [1.29, 1.82) is 0 Å². The second-order valence-corrected chi connectivity index (χ2v) is 8.83. The van der Waals surface area contributed by atoms with Gasteiger partial charge in [0.25, 0.3) is 0 Å². The molecule has 1 aromatic heterocycles. The fourth-order valence-corrected chi connectivity index (χ4v) is 2.79. The summed E-state index contributed by atoms with van der Waals surface area (Å²) in [4.78, 5) is 22.2. The number of hydrogen-bond acceptors (Lipinski definition) is 5. The van der Waals surface area contributed by atoms with E-state index in [1.165, 1.54) is 4.88 Å². The summed E-state index contributed by atoms with van der Waals surface area (Å²) >= 11 is 1.68. The number of ether oxygens (including phenoxy) is 1. The average molecular weight is 511 g/mol. The Balaban J connectivity index is 0.00000676. The van der Waals surface area contributed by atoms with Crippen LogP contribution in [-0.2, 0) is 17.7 Å². The monoisotopic (exact) mass is 511 g/mol. The largest absolute Gasteiger partial charge is 0.444 e. The van der Waals surface area contributed by atoms with E-state index < -0.39 is 17.2 Å². The maximum atomic E-state index is 12.0. The lowest BCUT2D eigenvalue weighted by molar-refractivity contribution is 0.0474. The van der Waals surface area contributed by atoms with Gasteiger partial charge in [0.1, 0.15) is 10.6 Å². The number of thiazole rings is 1. The van der Waals surface area contributed by atoms with E-state index in [9.17, 15) is 4.79 Å². The van der Waals surface area contributed by atoms with Gasteiger partial charge >= 0.3 is 6.09 Å². The molecule has 3 N–H and O–H groups in total. The average Bonchev–Trinajstić information content (AvgIpc) is 2.95. The summed E-state index contributed by atoms with van der Waals surface area (Å²) in [6, 6.07) is 0. The molecular formula is C18H34IN5O2S. The van der Waals surface area contributed by atoms with Gasteiger partial charge < -0.3 is 20.7 Å². The van der Waals surface area contributed by atoms with Crippen LogP contribution in [0.3, 0.4) is 0 Å². The van der Waals surface area contributed by atoms with E-state index >= 15 is 0 Å². The number of aryl methyl sites for hydroxylation is 1. The lowest BCUT2D eigenvalue weighted by atomic mass is 10.1. The second-order valence-electron chi connectivity index (χ2n) is 7.63. The van der Waals surface area contributed by atoms with Crippen molar-refractivity contribution in [3.05, 3.63) is 16.1 Å². The van der Waals surface area contributed by atoms with Crippen LogP contribution >= 0.6 is 35.3 Å². The Morgan fingerprint density at radius 3 is 2.41 bits per heavy atom. The molecule has 1 aromatic rings. The molecule has 27 heavy (non-hydrogen) atoms. The zero-order valence-corrected chi connectivity index (χ0v) is 20.6. The van der Waals surface area contributed by atoms with Crippen LogP contribution in [0.5, 0.6) is 0 Å². The Hall–Kier alpha value is -1.10. The van der Waals surface area contributed by atoms with Crippen LogP contribution in [0.25, 0.3) is 0 Å². The van der Waals surface area contributed by atoms with E-state index in [2.05, 4.69) is 32.9 Å². The minimum absolute atomic E-state index is 0. The van der Waals surface area contributed by atoms with Gasteiger partial charge in [-0.25, -0.2) is 14.8 Å². The molecule has 0 aliphatic carbocycles. The molecule has 0 atom stereocenters. The third kappa shape index (κ3) is 11.4. The molecular weight excluding hydrogens is 477 g/mol. The number of carbonyl (C=O) groups is 1. The Labute approximate surface area is 184 Å². The Morgan fingerprint density at radius 2 is 1.89 bits per heavy atom. The molecule has 0 radical (unpaired) electrons. The summed E-state index contributed by atoms with van der Waals surface area (Å²) in [6.45, 7) is 15.3. The van der Waals surface area contributed by atoms with Gasteiger partial charge in [0.15, 0.2) is 5.96 Å². The van der Waals surface area contributed by atoms with E-state index in [-0.39, 0.29) is 24.0 Å². The van der Waals surface area contributed by atoms with E-state index in [1.54, 1.807) is 11.3 Å². The highest BCUT2D eigenvalue weighted by atomic mass is 127. The summed E-state index contributed by atoms with van der Waals surface area (Å²) in [5, 5.41) is 10.3. The molecule has 1 amide bonds. The first-order valence-corrected chi connectivity index (χ1v) is 9.83. The maximum Gasteiger partial charge on any atom is 0.408 e. The zero-order chi connectivity index (χ0) is 19.8. The minimum Gasteiger partial charge on any atom is -0.444 e. The smallest absolute Gasteiger partial charge is 0.408 e. The molecule has 1 rings (SSSR count). The highest BCUT2D eigenvalue weighted by Crippen LogP contribution is 2.14. The number of nitrogens with one attached hydrogen (secondary N) is 3. The van der Waals surface area contributed by atoms with Gasteiger partial charge in [-0.05, 0) is 48.0 Å². The van der Waals surface area contributed by atoms with Crippen LogP contribution < -0.4 is 16.0 Å². The predicted molar refractivity (Wildman–Crippen MR) is 123 cm³/mol. The lowest BCUT2D eigenvalue weighted by Gasteiger charge is -2.29. The number of aromatic nitrogens is 1. The van der Waals surface area contributed by atoms with Gasteiger partial charge in [-0.2, -0.15) is 0 Å². The SMILES string of the molecule is CCNC(=NCc1ncc(CC)s1)NCC(C)(C)NC(=O)OC(C)(C)C.I. The summed E-state index contributed by atoms with van der Waals surface area (Å²) in [5.74, 6) is 0.694. The van der Waals surface area contributed by atoms with E-state index in [0.29, 0.717) is 19.0 Å². The van der Waals surface area contributed by atoms with Crippen molar-refractivity contribution in [2.45, 2.75) is 72.6 Å². The molecule has 0 saturated carbocycles. The Kier molecular flexibility index (Phi) is 11.2. The summed E-state index contributed by atoms with van der Waals surface area (Å²) in [7, 11) is 0. The Morgan fingerprint density at radius 1 is 1.22 bits per heavy atom. The van der Waals surface area contributed by atoms with E-state index in [4.69, 9.17) is 4.74 Å². The van der Waals surface area contributed by atoms with Gasteiger partial charge in [0, 0.05) is 24.2 Å². The third-order valence-electron chi connectivity index (χ3n) is 3.20.